The summed E-state index contributed by atoms with van der Waals surface area (Å²) in [5, 5.41) is 7.46. The summed E-state index contributed by atoms with van der Waals surface area (Å²) in [5.74, 6) is 0.117. The van der Waals surface area contributed by atoms with Crippen LogP contribution in [0.5, 0.6) is 0 Å². The van der Waals surface area contributed by atoms with Crippen molar-refractivity contribution < 1.29 is 4.79 Å². The highest BCUT2D eigenvalue weighted by molar-refractivity contribution is 7.16. The van der Waals surface area contributed by atoms with Crippen LogP contribution in [0.15, 0.2) is 24.4 Å². The van der Waals surface area contributed by atoms with Crippen molar-refractivity contribution in [3.05, 3.63) is 40.4 Å². The van der Waals surface area contributed by atoms with Crippen LogP contribution in [0.4, 0.5) is 5.00 Å². The van der Waals surface area contributed by atoms with Crippen molar-refractivity contribution in [1.29, 1.82) is 0 Å². The average Bonchev–Trinajstić information content (AvgIpc) is 2.66. The monoisotopic (exact) mass is 262 g/mol. The van der Waals surface area contributed by atoms with E-state index in [1.165, 1.54) is 10.4 Å². The summed E-state index contributed by atoms with van der Waals surface area (Å²) in [5.41, 5.74) is 3.68. The minimum Gasteiger partial charge on any atom is -0.347 e. The molecule has 0 saturated heterocycles. The minimum absolute atomic E-state index is 0.117. The number of thiophene rings is 1. The lowest BCUT2D eigenvalue weighted by molar-refractivity contribution is 0.101. The van der Waals surface area contributed by atoms with Gasteiger partial charge in [-0.3, -0.25) is 4.79 Å². The van der Waals surface area contributed by atoms with Crippen LogP contribution >= 0.6 is 11.3 Å². The Labute approximate surface area is 112 Å². The van der Waals surface area contributed by atoms with Gasteiger partial charge in [0.25, 0.3) is 0 Å². The standard InChI is InChI=1S/C14H18N2OS/c1-8(2)9(3)16-14-13(10(4)17)11-5-6-15-7-12(11)18-14/h15-16H,1,3,5-7H2,2,4H3. The van der Waals surface area contributed by atoms with E-state index in [9.17, 15) is 4.79 Å². The quantitative estimate of drug-likeness (QED) is 0.647. The van der Waals surface area contributed by atoms with Gasteiger partial charge < -0.3 is 10.6 Å². The highest BCUT2D eigenvalue weighted by atomic mass is 32.1. The maximum absolute atomic E-state index is 11.8. The first-order chi connectivity index (χ1) is 8.50. The van der Waals surface area contributed by atoms with E-state index in [1.54, 1.807) is 18.3 Å². The second kappa shape index (κ2) is 5.08. The molecule has 2 rings (SSSR count). The lowest BCUT2D eigenvalue weighted by Gasteiger charge is -2.13. The Bertz CT molecular complexity index is 528. The molecule has 0 fully saturated rings. The molecular weight excluding hydrogens is 244 g/mol. The molecule has 4 heteroatoms. The van der Waals surface area contributed by atoms with Gasteiger partial charge in [-0.05, 0) is 37.9 Å². The number of hydrogen-bond donors (Lipinski definition) is 2. The van der Waals surface area contributed by atoms with E-state index in [0.717, 1.165) is 41.3 Å². The van der Waals surface area contributed by atoms with E-state index >= 15 is 0 Å². The van der Waals surface area contributed by atoms with Crippen LogP contribution in [0.2, 0.25) is 0 Å². The molecule has 0 saturated carbocycles. The van der Waals surface area contributed by atoms with Crippen LogP contribution < -0.4 is 10.6 Å². The summed E-state index contributed by atoms with van der Waals surface area (Å²) in [7, 11) is 0. The normalized spacial score (nSPS) is 13.9. The SMILES string of the molecule is C=C(C)C(=C)Nc1sc2c(c1C(C)=O)CCNC2. The number of fused-ring (bicyclic) bond motifs is 1. The Morgan fingerprint density at radius 3 is 2.72 bits per heavy atom. The molecule has 1 aliphatic heterocycles. The molecule has 18 heavy (non-hydrogen) atoms. The van der Waals surface area contributed by atoms with E-state index in [2.05, 4.69) is 23.8 Å². The third-order valence-electron chi connectivity index (χ3n) is 3.06. The maximum Gasteiger partial charge on any atom is 0.163 e. The molecule has 1 aromatic heterocycles. The molecule has 96 valence electrons. The fraction of sp³-hybridized carbons (Fsp3) is 0.357. The Morgan fingerprint density at radius 2 is 2.11 bits per heavy atom. The van der Waals surface area contributed by atoms with Gasteiger partial charge in [0.1, 0.15) is 5.00 Å². The largest absolute Gasteiger partial charge is 0.347 e. The first kappa shape index (κ1) is 13.1. The van der Waals surface area contributed by atoms with Gasteiger partial charge in [0.2, 0.25) is 0 Å². The van der Waals surface area contributed by atoms with Crippen molar-refractivity contribution >= 4 is 22.1 Å². The summed E-state index contributed by atoms with van der Waals surface area (Å²) in [4.78, 5) is 13.1. The Hall–Kier alpha value is -1.39. The third kappa shape index (κ3) is 2.40. The zero-order valence-corrected chi connectivity index (χ0v) is 11.7. The molecule has 0 atom stereocenters. The fourth-order valence-electron chi connectivity index (χ4n) is 2.04. The smallest absolute Gasteiger partial charge is 0.163 e. The van der Waals surface area contributed by atoms with Gasteiger partial charge in [0.05, 0.1) is 5.56 Å². The number of ketones is 1. The van der Waals surface area contributed by atoms with Crippen molar-refractivity contribution in [2.75, 3.05) is 11.9 Å². The van der Waals surface area contributed by atoms with Gasteiger partial charge in [-0.15, -0.1) is 11.3 Å². The first-order valence-electron chi connectivity index (χ1n) is 5.98. The third-order valence-corrected chi connectivity index (χ3v) is 4.21. The topological polar surface area (TPSA) is 41.1 Å². The van der Waals surface area contributed by atoms with Crippen molar-refractivity contribution in [2.45, 2.75) is 26.8 Å². The number of carbonyl (C=O) groups is 1. The van der Waals surface area contributed by atoms with Gasteiger partial charge in [0, 0.05) is 17.1 Å². The van der Waals surface area contributed by atoms with Crippen LogP contribution in [0, 0.1) is 0 Å². The highest BCUT2D eigenvalue weighted by Gasteiger charge is 2.23. The molecule has 0 bridgehead atoms. The van der Waals surface area contributed by atoms with E-state index in [0.29, 0.717) is 0 Å². The summed E-state index contributed by atoms with van der Waals surface area (Å²) < 4.78 is 0. The van der Waals surface area contributed by atoms with Crippen LogP contribution in [0.3, 0.4) is 0 Å². The molecular formula is C14H18N2OS. The molecule has 0 aromatic carbocycles. The zero-order chi connectivity index (χ0) is 13.3. The van der Waals surface area contributed by atoms with Crippen molar-refractivity contribution in [2.24, 2.45) is 0 Å². The molecule has 2 N–H and O–H groups in total. The van der Waals surface area contributed by atoms with Crippen molar-refractivity contribution in [3.63, 3.8) is 0 Å². The minimum atomic E-state index is 0.117. The Morgan fingerprint density at radius 1 is 1.39 bits per heavy atom. The molecule has 3 nitrogen and oxygen atoms in total. The lowest BCUT2D eigenvalue weighted by Crippen LogP contribution is -2.23. The highest BCUT2D eigenvalue weighted by Crippen LogP contribution is 2.36. The van der Waals surface area contributed by atoms with Crippen LogP contribution in [-0.4, -0.2) is 12.3 Å². The van der Waals surface area contributed by atoms with E-state index in [-0.39, 0.29) is 5.78 Å². The van der Waals surface area contributed by atoms with E-state index in [4.69, 9.17) is 0 Å². The fourth-order valence-corrected chi connectivity index (χ4v) is 3.33. The first-order valence-corrected chi connectivity index (χ1v) is 6.80. The Balaban J connectivity index is 2.40. The van der Waals surface area contributed by atoms with Gasteiger partial charge >= 0.3 is 0 Å². The van der Waals surface area contributed by atoms with Gasteiger partial charge in [-0.25, -0.2) is 0 Å². The predicted octanol–water partition coefficient (Wildman–Crippen LogP) is 3.10. The number of rotatable bonds is 4. The molecule has 0 unspecified atom stereocenters. The summed E-state index contributed by atoms with van der Waals surface area (Å²) in [6.45, 7) is 13.1. The van der Waals surface area contributed by atoms with Crippen molar-refractivity contribution in [1.82, 2.24) is 5.32 Å². The van der Waals surface area contributed by atoms with Gasteiger partial charge in [0.15, 0.2) is 5.78 Å². The van der Waals surface area contributed by atoms with Crippen LogP contribution in [0.1, 0.15) is 34.6 Å². The van der Waals surface area contributed by atoms with Crippen molar-refractivity contribution in [3.8, 4) is 0 Å². The van der Waals surface area contributed by atoms with E-state index in [1.807, 2.05) is 6.92 Å². The maximum atomic E-state index is 11.8. The zero-order valence-electron chi connectivity index (χ0n) is 10.9. The average molecular weight is 262 g/mol. The number of Topliss-reactive ketones (excluding diaryl/α,β-unsaturated/α-hetero) is 1. The molecule has 1 aliphatic rings. The second-order valence-corrected chi connectivity index (χ2v) is 5.68. The van der Waals surface area contributed by atoms with E-state index < -0.39 is 0 Å². The number of anilines is 1. The summed E-state index contributed by atoms with van der Waals surface area (Å²) >= 11 is 1.64. The molecule has 2 heterocycles. The molecule has 0 aliphatic carbocycles. The lowest BCUT2D eigenvalue weighted by atomic mass is 10.0. The second-order valence-electron chi connectivity index (χ2n) is 4.57. The van der Waals surface area contributed by atoms with Gasteiger partial charge in [-0.2, -0.15) is 0 Å². The summed E-state index contributed by atoms with van der Waals surface area (Å²) in [6, 6.07) is 0. The van der Waals surface area contributed by atoms with Gasteiger partial charge in [-0.1, -0.05) is 13.2 Å². The number of allylic oxidation sites excluding steroid dienone is 1. The number of nitrogens with one attached hydrogen (secondary N) is 2. The Kier molecular flexibility index (Phi) is 3.68. The molecule has 0 spiro atoms. The van der Waals surface area contributed by atoms with Crippen LogP contribution in [-0.2, 0) is 13.0 Å². The molecule has 1 aromatic rings. The molecule has 0 radical (unpaired) electrons. The predicted molar refractivity (Wildman–Crippen MR) is 77.3 cm³/mol. The number of hydrogen-bond acceptors (Lipinski definition) is 4. The van der Waals surface area contributed by atoms with Crippen LogP contribution in [0.25, 0.3) is 0 Å². The molecule has 0 amide bonds. The summed E-state index contributed by atoms with van der Waals surface area (Å²) in [6.07, 6.45) is 0.919. The number of carbonyl (C=O) groups excluding carboxylic acids is 1.